The van der Waals surface area contributed by atoms with Crippen molar-refractivity contribution < 1.29 is 0 Å². The second-order valence-electron chi connectivity index (χ2n) is 4.01. The molecular formula is C10H16N6. The summed E-state index contributed by atoms with van der Waals surface area (Å²) < 4.78 is 0. The van der Waals surface area contributed by atoms with Gasteiger partial charge in [0.05, 0.1) is 0 Å². The average Bonchev–Trinajstić information content (AvgIpc) is 2.45. The van der Waals surface area contributed by atoms with E-state index >= 15 is 0 Å². The van der Waals surface area contributed by atoms with Crippen molar-refractivity contribution in [3.05, 3.63) is 35.9 Å². The van der Waals surface area contributed by atoms with Crippen LogP contribution in [0.2, 0.25) is 0 Å². The maximum absolute atomic E-state index is 6.17. The summed E-state index contributed by atoms with van der Waals surface area (Å²) in [5.74, 6) is 5.83. The molecule has 0 spiro atoms. The third-order valence-electron chi connectivity index (χ3n) is 2.85. The third-order valence-corrected chi connectivity index (χ3v) is 2.85. The standard InChI is InChI=1S/C10H16N6/c11-8-10(13,9(12)16(14)15-8)6-7-4-2-1-3-5-7/h1-5,9H,6,12-14H2,(H2,11,15). The van der Waals surface area contributed by atoms with E-state index in [2.05, 4.69) is 5.10 Å². The van der Waals surface area contributed by atoms with Crippen molar-refractivity contribution in [3.63, 3.8) is 0 Å². The molecule has 2 rings (SSSR count). The van der Waals surface area contributed by atoms with Gasteiger partial charge in [0.1, 0.15) is 17.5 Å². The molecular weight excluding hydrogens is 204 g/mol. The Morgan fingerprint density at radius 1 is 1.31 bits per heavy atom. The lowest BCUT2D eigenvalue weighted by atomic mass is 9.89. The lowest BCUT2D eigenvalue weighted by Crippen LogP contribution is -2.65. The zero-order valence-electron chi connectivity index (χ0n) is 8.88. The van der Waals surface area contributed by atoms with Crippen LogP contribution in [0, 0.1) is 0 Å². The second-order valence-corrected chi connectivity index (χ2v) is 4.01. The van der Waals surface area contributed by atoms with Crippen molar-refractivity contribution in [3.8, 4) is 0 Å². The zero-order chi connectivity index (χ0) is 11.8. The largest absolute Gasteiger partial charge is 0.384 e. The zero-order valence-corrected chi connectivity index (χ0v) is 8.88. The summed E-state index contributed by atoms with van der Waals surface area (Å²) in [6.07, 6.45) is -0.0920. The monoisotopic (exact) mass is 220 g/mol. The first-order chi connectivity index (χ1) is 7.54. The molecule has 8 N–H and O–H groups in total. The van der Waals surface area contributed by atoms with E-state index in [1.807, 2.05) is 30.3 Å². The van der Waals surface area contributed by atoms with Gasteiger partial charge in [0.2, 0.25) is 0 Å². The van der Waals surface area contributed by atoms with Gasteiger partial charge in [-0.1, -0.05) is 30.3 Å². The van der Waals surface area contributed by atoms with Gasteiger partial charge >= 0.3 is 0 Å². The minimum absolute atomic E-state index is 0.270. The van der Waals surface area contributed by atoms with Gasteiger partial charge in [0.15, 0.2) is 0 Å². The number of hydrazone groups is 1. The topological polar surface area (TPSA) is 120 Å². The molecule has 1 aromatic carbocycles. The fourth-order valence-corrected chi connectivity index (χ4v) is 1.80. The third kappa shape index (κ3) is 1.63. The highest BCUT2D eigenvalue weighted by atomic mass is 15.7. The van der Waals surface area contributed by atoms with Crippen molar-refractivity contribution in [1.29, 1.82) is 0 Å². The van der Waals surface area contributed by atoms with Gasteiger partial charge in [-0.15, -0.1) is 5.10 Å². The molecule has 6 nitrogen and oxygen atoms in total. The molecule has 0 bridgehead atoms. The van der Waals surface area contributed by atoms with Crippen LogP contribution >= 0.6 is 0 Å². The van der Waals surface area contributed by atoms with Crippen molar-refractivity contribution in [2.75, 3.05) is 0 Å². The van der Waals surface area contributed by atoms with E-state index in [9.17, 15) is 0 Å². The molecule has 0 radical (unpaired) electrons. The predicted molar refractivity (Wildman–Crippen MR) is 62.7 cm³/mol. The quantitative estimate of drug-likeness (QED) is 0.460. The number of hydrogen-bond acceptors (Lipinski definition) is 6. The number of amidine groups is 1. The molecule has 1 aromatic rings. The summed E-state index contributed by atoms with van der Waals surface area (Å²) in [7, 11) is 0. The molecule has 6 heteroatoms. The Balaban J connectivity index is 2.24. The van der Waals surface area contributed by atoms with E-state index < -0.39 is 11.7 Å². The Morgan fingerprint density at radius 2 is 1.94 bits per heavy atom. The highest BCUT2D eigenvalue weighted by molar-refractivity contribution is 5.92. The number of nitrogens with two attached hydrogens (primary N) is 4. The van der Waals surface area contributed by atoms with E-state index in [-0.39, 0.29) is 5.84 Å². The first-order valence-corrected chi connectivity index (χ1v) is 5.01. The van der Waals surface area contributed by atoms with Gasteiger partial charge in [0, 0.05) is 6.42 Å². The van der Waals surface area contributed by atoms with Gasteiger partial charge in [-0.25, -0.2) is 11.0 Å². The molecule has 0 aliphatic carbocycles. The van der Waals surface area contributed by atoms with Crippen LogP contribution in [-0.4, -0.2) is 22.7 Å². The van der Waals surface area contributed by atoms with Crippen LogP contribution in [0.25, 0.3) is 0 Å². The normalized spacial score (nSPS) is 29.3. The van der Waals surface area contributed by atoms with E-state index in [4.69, 9.17) is 23.0 Å². The highest BCUT2D eigenvalue weighted by Crippen LogP contribution is 2.20. The van der Waals surface area contributed by atoms with Crippen LogP contribution in [-0.2, 0) is 6.42 Å². The van der Waals surface area contributed by atoms with Crippen molar-refractivity contribution in [2.24, 2.45) is 28.1 Å². The van der Waals surface area contributed by atoms with E-state index in [0.717, 1.165) is 10.7 Å². The molecule has 0 aromatic heterocycles. The lowest BCUT2D eigenvalue weighted by Gasteiger charge is -2.30. The van der Waals surface area contributed by atoms with Crippen molar-refractivity contribution in [2.45, 2.75) is 18.1 Å². The molecule has 0 saturated heterocycles. The van der Waals surface area contributed by atoms with Crippen LogP contribution in [0.15, 0.2) is 35.4 Å². The van der Waals surface area contributed by atoms with Crippen LogP contribution in [0.3, 0.4) is 0 Å². The summed E-state index contributed by atoms with van der Waals surface area (Å²) in [5, 5.41) is 4.98. The summed E-state index contributed by atoms with van der Waals surface area (Å²) >= 11 is 0. The first kappa shape index (κ1) is 10.9. The van der Waals surface area contributed by atoms with Gasteiger partial charge in [-0.05, 0) is 5.56 Å². The number of benzene rings is 1. The second kappa shape index (κ2) is 3.75. The Hall–Kier alpha value is -1.63. The van der Waals surface area contributed by atoms with Gasteiger partial charge in [-0.2, -0.15) is 0 Å². The molecule has 0 fully saturated rings. The first-order valence-electron chi connectivity index (χ1n) is 5.01. The fourth-order valence-electron chi connectivity index (χ4n) is 1.80. The maximum Gasteiger partial charge on any atom is 0.145 e. The predicted octanol–water partition coefficient (Wildman–Crippen LogP) is -1.33. The molecule has 2 atom stereocenters. The van der Waals surface area contributed by atoms with Gasteiger partial charge < -0.3 is 17.2 Å². The van der Waals surface area contributed by atoms with Crippen LogP contribution in [0.4, 0.5) is 0 Å². The number of hydrogen-bond donors (Lipinski definition) is 4. The molecule has 86 valence electrons. The van der Waals surface area contributed by atoms with Gasteiger partial charge in [0.25, 0.3) is 0 Å². The Morgan fingerprint density at radius 3 is 2.44 bits per heavy atom. The molecule has 1 heterocycles. The summed E-state index contributed by atoms with van der Waals surface area (Å²) in [4.78, 5) is 0. The number of rotatable bonds is 2. The maximum atomic E-state index is 6.17. The minimum Gasteiger partial charge on any atom is -0.384 e. The van der Waals surface area contributed by atoms with E-state index in [1.165, 1.54) is 0 Å². The van der Waals surface area contributed by atoms with Gasteiger partial charge in [-0.3, -0.25) is 0 Å². The summed E-state index contributed by atoms with van der Waals surface area (Å²) in [6.45, 7) is 0. The fraction of sp³-hybridized carbons (Fsp3) is 0.300. The highest BCUT2D eigenvalue weighted by Gasteiger charge is 2.44. The Bertz CT molecular complexity index is 403. The average molecular weight is 220 g/mol. The van der Waals surface area contributed by atoms with Crippen LogP contribution < -0.4 is 23.0 Å². The smallest absolute Gasteiger partial charge is 0.145 e. The molecule has 16 heavy (non-hydrogen) atoms. The molecule has 0 saturated carbocycles. The number of hydrazine groups is 1. The minimum atomic E-state index is -0.907. The Labute approximate surface area is 93.8 Å². The molecule has 2 unspecified atom stereocenters. The number of nitrogens with zero attached hydrogens (tertiary/aromatic N) is 2. The Kier molecular flexibility index (Phi) is 2.55. The van der Waals surface area contributed by atoms with E-state index in [1.54, 1.807) is 0 Å². The van der Waals surface area contributed by atoms with Crippen molar-refractivity contribution in [1.82, 2.24) is 5.12 Å². The molecule has 1 aliphatic rings. The summed E-state index contributed by atoms with van der Waals surface area (Å²) in [5.41, 5.74) is 18.0. The van der Waals surface area contributed by atoms with Crippen molar-refractivity contribution >= 4 is 5.84 Å². The molecule has 1 aliphatic heterocycles. The summed E-state index contributed by atoms with van der Waals surface area (Å²) in [6, 6.07) is 9.74. The molecule has 0 amide bonds. The van der Waals surface area contributed by atoms with E-state index in [0.29, 0.717) is 6.42 Å². The van der Waals surface area contributed by atoms with Crippen LogP contribution in [0.5, 0.6) is 0 Å². The van der Waals surface area contributed by atoms with Crippen LogP contribution in [0.1, 0.15) is 5.56 Å². The SMILES string of the molecule is NC1=NN(N)C(N)C1(N)Cc1ccccc1. The lowest BCUT2D eigenvalue weighted by molar-refractivity contribution is 0.193.